The molecule has 150 valence electrons. The summed E-state index contributed by atoms with van der Waals surface area (Å²) in [6.45, 7) is 7.23. The third-order valence-electron chi connectivity index (χ3n) is 5.58. The predicted molar refractivity (Wildman–Crippen MR) is 116 cm³/mol. The summed E-state index contributed by atoms with van der Waals surface area (Å²) in [6.07, 6.45) is 3.74. The van der Waals surface area contributed by atoms with E-state index in [0.717, 1.165) is 41.9 Å². The zero-order valence-electron chi connectivity index (χ0n) is 17.3. The number of amides is 1. The van der Waals surface area contributed by atoms with Gasteiger partial charge in [-0.15, -0.1) is 0 Å². The first-order valence-electron chi connectivity index (χ1n) is 10.3. The second kappa shape index (κ2) is 8.21. The van der Waals surface area contributed by atoms with E-state index in [2.05, 4.69) is 49.6 Å². The highest BCUT2D eigenvalue weighted by Gasteiger charge is 2.24. The van der Waals surface area contributed by atoms with E-state index in [1.807, 2.05) is 36.5 Å². The normalized spacial score (nSPS) is 19.1. The summed E-state index contributed by atoms with van der Waals surface area (Å²) in [7, 11) is 0. The number of aryl methyl sites for hydroxylation is 2. The topological polar surface area (TPSA) is 59.0 Å². The molecule has 0 spiro atoms. The number of nitrogens with one attached hydrogen (secondary N) is 2. The number of carbonyl (C=O) groups excluding carboxylic acids is 1. The van der Waals surface area contributed by atoms with Gasteiger partial charge in [0, 0.05) is 23.8 Å². The number of hydrogen-bond acceptors (Lipinski definition) is 3. The fourth-order valence-corrected chi connectivity index (χ4v) is 4.06. The molecule has 1 fully saturated rings. The number of hydrogen-bond donors (Lipinski definition) is 2. The van der Waals surface area contributed by atoms with Crippen LogP contribution in [0.2, 0.25) is 0 Å². The lowest BCUT2D eigenvalue weighted by Crippen LogP contribution is -2.46. The molecular weight excluding hydrogens is 360 g/mol. The lowest BCUT2D eigenvalue weighted by molar-refractivity contribution is 0.0926. The molecule has 1 aliphatic rings. The number of piperidine rings is 1. The van der Waals surface area contributed by atoms with Crippen LogP contribution in [0.5, 0.6) is 0 Å². The molecule has 3 aromatic rings. The number of aromatic nitrogens is 2. The number of nitrogens with zero attached hydrogens (tertiary/aromatic N) is 2. The first-order valence-corrected chi connectivity index (χ1v) is 10.3. The van der Waals surface area contributed by atoms with Crippen LogP contribution in [0.1, 0.15) is 41.3 Å². The van der Waals surface area contributed by atoms with E-state index in [0.29, 0.717) is 11.6 Å². The number of carbonyl (C=O) groups is 1. The second-order valence-corrected chi connectivity index (χ2v) is 8.04. The molecule has 2 heterocycles. The van der Waals surface area contributed by atoms with Crippen LogP contribution < -0.4 is 10.6 Å². The van der Waals surface area contributed by atoms with E-state index >= 15 is 0 Å². The molecule has 29 heavy (non-hydrogen) atoms. The van der Waals surface area contributed by atoms with E-state index in [4.69, 9.17) is 5.10 Å². The van der Waals surface area contributed by atoms with Crippen molar-refractivity contribution in [3.05, 3.63) is 71.4 Å². The van der Waals surface area contributed by atoms with Gasteiger partial charge in [0.1, 0.15) is 5.69 Å². The Kier molecular flexibility index (Phi) is 5.49. The van der Waals surface area contributed by atoms with Gasteiger partial charge in [0.05, 0.1) is 11.3 Å². The largest absolute Gasteiger partial charge is 0.349 e. The molecule has 2 aromatic carbocycles. The van der Waals surface area contributed by atoms with Gasteiger partial charge in [0.25, 0.3) is 5.91 Å². The average Bonchev–Trinajstić information content (AvgIpc) is 3.14. The van der Waals surface area contributed by atoms with Crippen molar-refractivity contribution in [1.29, 1.82) is 0 Å². The maximum absolute atomic E-state index is 13.3. The molecule has 1 aliphatic heterocycles. The van der Waals surface area contributed by atoms with E-state index in [9.17, 15) is 4.79 Å². The number of rotatable bonds is 4. The van der Waals surface area contributed by atoms with E-state index in [-0.39, 0.29) is 11.9 Å². The summed E-state index contributed by atoms with van der Waals surface area (Å²) < 4.78 is 1.80. The zero-order chi connectivity index (χ0) is 20.4. The van der Waals surface area contributed by atoms with Gasteiger partial charge in [-0.1, -0.05) is 42.0 Å². The molecule has 5 nitrogen and oxygen atoms in total. The van der Waals surface area contributed by atoms with Crippen molar-refractivity contribution >= 4 is 5.91 Å². The second-order valence-electron chi connectivity index (χ2n) is 8.04. The molecule has 2 N–H and O–H groups in total. The van der Waals surface area contributed by atoms with Gasteiger partial charge in [-0.2, -0.15) is 5.10 Å². The highest BCUT2D eigenvalue weighted by molar-refractivity contribution is 6.00. The standard InChI is InChI=1S/C24H28N4O/c1-16-9-10-21(17(2)13-16)23-22(15-28(27-23)20-7-5-4-6-8-20)24(29)26-19-11-12-25-18(3)14-19/h4-10,13,15,18-19,25H,11-12,14H2,1-3H3,(H,26,29). The molecule has 4 rings (SSSR count). The Morgan fingerprint density at radius 2 is 1.97 bits per heavy atom. The molecule has 0 aliphatic carbocycles. The van der Waals surface area contributed by atoms with Gasteiger partial charge < -0.3 is 10.6 Å². The molecule has 1 saturated heterocycles. The minimum atomic E-state index is -0.0544. The van der Waals surface area contributed by atoms with Crippen LogP contribution in [-0.4, -0.2) is 34.3 Å². The number of para-hydroxylation sites is 1. The first-order chi connectivity index (χ1) is 14.0. The van der Waals surface area contributed by atoms with E-state index < -0.39 is 0 Å². The van der Waals surface area contributed by atoms with Crippen molar-refractivity contribution < 1.29 is 4.79 Å². The molecular formula is C24H28N4O. The number of benzene rings is 2. The molecule has 0 saturated carbocycles. The average molecular weight is 389 g/mol. The fraction of sp³-hybridized carbons (Fsp3) is 0.333. The van der Waals surface area contributed by atoms with Crippen LogP contribution in [0.25, 0.3) is 16.9 Å². The van der Waals surface area contributed by atoms with E-state index in [1.165, 1.54) is 5.56 Å². The Bertz CT molecular complexity index is 1010. The highest BCUT2D eigenvalue weighted by Crippen LogP contribution is 2.28. The summed E-state index contributed by atoms with van der Waals surface area (Å²) in [5.74, 6) is -0.0544. The van der Waals surface area contributed by atoms with Crippen molar-refractivity contribution in [2.75, 3.05) is 6.54 Å². The van der Waals surface area contributed by atoms with Gasteiger partial charge in [-0.05, 0) is 57.9 Å². The molecule has 5 heteroatoms. The van der Waals surface area contributed by atoms with Crippen molar-refractivity contribution in [3.63, 3.8) is 0 Å². The van der Waals surface area contributed by atoms with Gasteiger partial charge in [-0.25, -0.2) is 4.68 Å². The SMILES string of the molecule is Cc1ccc(-c2nn(-c3ccccc3)cc2C(=O)NC2CCNC(C)C2)c(C)c1. The zero-order valence-corrected chi connectivity index (χ0v) is 17.3. The lowest BCUT2D eigenvalue weighted by atomic mass is 9.98. The van der Waals surface area contributed by atoms with E-state index in [1.54, 1.807) is 4.68 Å². The Morgan fingerprint density at radius 3 is 2.69 bits per heavy atom. The smallest absolute Gasteiger partial charge is 0.255 e. The minimum Gasteiger partial charge on any atom is -0.349 e. The third kappa shape index (κ3) is 4.25. The molecule has 0 bridgehead atoms. The molecule has 1 aromatic heterocycles. The molecule has 0 radical (unpaired) electrons. The predicted octanol–water partition coefficient (Wildman–Crippen LogP) is 4.03. The summed E-state index contributed by atoms with van der Waals surface area (Å²) in [6, 6.07) is 16.8. The maximum atomic E-state index is 13.3. The van der Waals surface area contributed by atoms with Gasteiger partial charge in [-0.3, -0.25) is 4.79 Å². The Balaban J connectivity index is 1.72. The minimum absolute atomic E-state index is 0.0544. The van der Waals surface area contributed by atoms with Gasteiger partial charge in [0.15, 0.2) is 0 Å². The third-order valence-corrected chi connectivity index (χ3v) is 5.58. The van der Waals surface area contributed by atoms with Crippen LogP contribution in [0.15, 0.2) is 54.7 Å². The highest BCUT2D eigenvalue weighted by atomic mass is 16.1. The lowest BCUT2D eigenvalue weighted by Gasteiger charge is -2.28. The van der Waals surface area contributed by atoms with Crippen LogP contribution in [0, 0.1) is 13.8 Å². The van der Waals surface area contributed by atoms with Crippen LogP contribution in [0.3, 0.4) is 0 Å². The van der Waals surface area contributed by atoms with Gasteiger partial charge >= 0.3 is 0 Å². The molecule has 2 atom stereocenters. The Hall–Kier alpha value is -2.92. The Morgan fingerprint density at radius 1 is 1.17 bits per heavy atom. The van der Waals surface area contributed by atoms with Crippen LogP contribution in [-0.2, 0) is 0 Å². The Labute approximate surface area is 172 Å². The summed E-state index contributed by atoms with van der Waals surface area (Å²) in [5, 5.41) is 11.5. The van der Waals surface area contributed by atoms with Crippen molar-refractivity contribution in [3.8, 4) is 16.9 Å². The first kappa shape index (κ1) is 19.4. The van der Waals surface area contributed by atoms with Crippen molar-refractivity contribution in [2.24, 2.45) is 0 Å². The van der Waals surface area contributed by atoms with Gasteiger partial charge in [0.2, 0.25) is 0 Å². The van der Waals surface area contributed by atoms with Crippen molar-refractivity contribution in [2.45, 2.75) is 45.7 Å². The quantitative estimate of drug-likeness (QED) is 0.710. The molecule has 1 amide bonds. The van der Waals surface area contributed by atoms with Crippen LogP contribution in [0.4, 0.5) is 0 Å². The summed E-state index contributed by atoms with van der Waals surface area (Å²) >= 11 is 0. The van der Waals surface area contributed by atoms with Crippen LogP contribution >= 0.6 is 0 Å². The maximum Gasteiger partial charge on any atom is 0.255 e. The van der Waals surface area contributed by atoms with Crippen molar-refractivity contribution in [1.82, 2.24) is 20.4 Å². The fourth-order valence-electron chi connectivity index (χ4n) is 4.06. The monoisotopic (exact) mass is 388 g/mol. The summed E-state index contributed by atoms with van der Waals surface area (Å²) in [4.78, 5) is 13.3. The molecule has 2 unspecified atom stereocenters. The summed E-state index contributed by atoms with van der Waals surface area (Å²) in [5.41, 5.74) is 5.59.